The van der Waals surface area contributed by atoms with Gasteiger partial charge >= 0.3 is 6.18 Å². The third-order valence-corrected chi connectivity index (χ3v) is 5.64. The highest BCUT2D eigenvalue weighted by Gasteiger charge is 2.39. The lowest BCUT2D eigenvalue weighted by Gasteiger charge is -2.38. The number of piperidine rings is 1. The maximum absolute atomic E-state index is 13.0. The molecular formula is C21H23F3N4. The summed E-state index contributed by atoms with van der Waals surface area (Å²) in [6.07, 6.45) is 3.13. The molecule has 0 aliphatic carbocycles. The molecule has 2 saturated heterocycles. The molecule has 0 bridgehead atoms. The standard InChI is InChI=1S/C21H23F3N4/c22-21(23,24)19-8-11-25-20(26-19)28-14-10-17-9-13-27(18(17)15-28)12-4-7-16-5-2-1-3-6-16/h1-8,11,17-18H,9-10,12-15H2/b7-4+. The molecule has 2 fully saturated rings. The molecule has 7 heteroatoms. The second-order valence-corrected chi connectivity index (χ2v) is 7.40. The van der Waals surface area contributed by atoms with Crippen molar-refractivity contribution in [1.29, 1.82) is 0 Å². The minimum atomic E-state index is -4.45. The number of alkyl halides is 3. The fourth-order valence-corrected chi connectivity index (χ4v) is 4.18. The van der Waals surface area contributed by atoms with Crippen molar-refractivity contribution in [3.05, 3.63) is 59.9 Å². The van der Waals surface area contributed by atoms with Gasteiger partial charge in [-0.05, 0) is 36.9 Å². The summed E-state index contributed by atoms with van der Waals surface area (Å²) in [4.78, 5) is 12.2. The molecule has 1 aromatic heterocycles. The molecule has 0 amide bonds. The largest absolute Gasteiger partial charge is 0.433 e. The lowest BCUT2D eigenvalue weighted by molar-refractivity contribution is -0.141. The second kappa shape index (κ2) is 7.91. The number of rotatable bonds is 4. The van der Waals surface area contributed by atoms with E-state index < -0.39 is 11.9 Å². The van der Waals surface area contributed by atoms with E-state index in [4.69, 9.17) is 0 Å². The van der Waals surface area contributed by atoms with Crippen molar-refractivity contribution in [2.75, 3.05) is 31.1 Å². The van der Waals surface area contributed by atoms with Crippen LogP contribution in [-0.2, 0) is 6.18 Å². The summed E-state index contributed by atoms with van der Waals surface area (Å²) in [6.45, 7) is 3.24. The van der Waals surface area contributed by atoms with Crippen LogP contribution in [0.5, 0.6) is 0 Å². The maximum Gasteiger partial charge on any atom is 0.433 e. The number of likely N-dealkylation sites (tertiary alicyclic amines) is 1. The lowest BCUT2D eigenvalue weighted by Crippen LogP contribution is -2.48. The second-order valence-electron chi connectivity index (χ2n) is 7.40. The molecule has 0 N–H and O–H groups in total. The van der Waals surface area contributed by atoms with Crippen LogP contribution in [-0.4, -0.2) is 47.1 Å². The fraction of sp³-hybridized carbons (Fsp3) is 0.429. The van der Waals surface area contributed by atoms with Gasteiger partial charge in [-0.15, -0.1) is 0 Å². The summed E-state index contributed by atoms with van der Waals surface area (Å²) in [5, 5.41) is 0. The molecule has 1 aromatic carbocycles. The summed E-state index contributed by atoms with van der Waals surface area (Å²) in [7, 11) is 0. The number of benzene rings is 1. The molecule has 148 valence electrons. The topological polar surface area (TPSA) is 32.3 Å². The first kappa shape index (κ1) is 18.9. The summed E-state index contributed by atoms with van der Waals surface area (Å²) >= 11 is 0. The van der Waals surface area contributed by atoms with Crippen molar-refractivity contribution < 1.29 is 13.2 Å². The van der Waals surface area contributed by atoms with Crippen LogP contribution in [0, 0.1) is 5.92 Å². The minimum absolute atomic E-state index is 0.181. The zero-order valence-corrected chi connectivity index (χ0v) is 15.5. The molecule has 28 heavy (non-hydrogen) atoms. The van der Waals surface area contributed by atoms with Crippen molar-refractivity contribution >= 4 is 12.0 Å². The highest BCUT2D eigenvalue weighted by atomic mass is 19.4. The van der Waals surface area contributed by atoms with Gasteiger partial charge in [0, 0.05) is 31.9 Å². The van der Waals surface area contributed by atoms with E-state index in [9.17, 15) is 13.2 Å². The monoisotopic (exact) mass is 388 g/mol. The maximum atomic E-state index is 13.0. The Hall–Kier alpha value is -2.41. The van der Waals surface area contributed by atoms with E-state index in [1.54, 1.807) is 0 Å². The zero-order valence-electron chi connectivity index (χ0n) is 15.5. The van der Waals surface area contributed by atoms with Crippen LogP contribution in [0.2, 0.25) is 0 Å². The molecular weight excluding hydrogens is 365 g/mol. The summed E-state index contributed by atoms with van der Waals surface area (Å²) in [6, 6.07) is 11.4. The molecule has 0 saturated carbocycles. The molecule has 2 aromatic rings. The van der Waals surface area contributed by atoms with Crippen molar-refractivity contribution in [3.63, 3.8) is 0 Å². The van der Waals surface area contributed by atoms with Crippen LogP contribution in [0.25, 0.3) is 6.08 Å². The van der Waals surface area contributed by atoms with Gasteiger partial charge in [-0.1, -0.05) is 42.5 Å². The van der Waals surface area contributed by atoms with E-state index in [-0.39, 0.29) is 5.95 Å². The van der Waals surface area contributed by atoms with Gasteiger partial charge in [-0.25, -0.2) is 9.97 Å². The fourth-order valence-electron chi connectivity index (χ4n) is 4.18. The van der Waals surface area contributed by atoms with E-state index in [1.165, 1.54) is 11.8 Å². The smallest absolute Gasteiger partial charge is 0.339 e. The van der Waals surface area contributed by atoms with E-state index in [1.807, 2.05) is 23.1 Å². The molecule has 4 rings (SSSR count). The van der Waals surface area contributed by atoms with Gasteiger partial charge < -0.3 is 4.90 Å². The molecule has 3 heterocycles. The quantitative estimate of drug-likeness (QED) is 0.789. The van der Waals surface area contributed by atoms with E-state index in [0.717, 1.165) is 32.0 Å². The predicted octanol–water partition coefficient (Wildman–Crippen LogP) is 4.11. The van der Waals surface area contributed by atoms with Crippen molar-refractivity contribution in [2.45, 2.75) is 25.1 Å². The highest BCUT2D eigenvalue weighted by Crippen LogP contribution is 2.34. The number of anilines is 1. The van der Waals surface area contributed by atoms with Gasteiger partial charge in [0.15, 0.2) is 0 Å². The SMILES string of the molecule is FC(F)(F)c1ccnc(N2CCC3CCN(C/C=C/c4ccccc4)C3C2)n1. The lowest BCUT2D eigenvalue weighted by atomic mass is 9.92. The third-order valence-electron chi connectivity index (χ3n) is 5.64. The van der Waals surface area contributed by atoms with Crippen LogP contribution >= 0.6 is 0 Å². The third kappa shape index (κ3) is 4.19. The Kier molecular flexibility index (Phi) is 5.35. The Morgan fingerprint density at radius 3 is 2.64 bits per heavy atom. The first-order valence-electron chi connectivity index (χ1n) is 9.61. The van der Waals surface area contributed by atoms with Gasteiger partial charge in [0.2, 0.25) is 5.95 Å². The van der Waals surface area contributed by atoms with Crippen LogP contribution in [0.1, 0.15) is 24.1 Å². The average Bonchev–Trinajstić information content (AvgIpc) is 3.11. The number of fused-ring (bicyclic) bond motifs is 1. The molecule has 4 nitrogen and oxygen atoms in total. The molecule has 0 spiro atoms. The molecule has 2 aliphatic rings. The van der Waals surface area contributed by atoms with Crippen molar-refractivity contribution in [3.8, 4) is 0 Å². The Bertz CT molecular complexity index is 822. The number of hydrogen-bond acceptors (Lipinski definition) is 4. The summed E-state index contributed by atoms with van der Waals surface area (Å²) < 4.78 is 38.9. The van der Waals surface area contributed by atoms with Gasteiger partial charge in [-0.3, -0.25) is 4.90 Å². The van der Waals surface area contributed by atoms with Crippen molar-refractivity contribution in [2.24, 2.45) is 5.92 Å². The Labute approximate surface area is 162 Å². The molecule has 0 radical (unpaired) electrons. The van der Waals surface area contributed by atoms with Gasteiger partial charge in [0.05, 0.1) is 0 Å². The first-order valence-corrected chi connectivity index (χ1v) is 9.61. The molecule has 2 atom stereocenters. The van der Waals surface area contributed by atoms with E-state index >= 15 is 0 Å². The van der Waals surface area contributed by atoms with Gasteiger partial charge in [0.25, 0.3) is 0 Å². The van der Waals surface area contributed by atoms with Crippen LogP contribution in [0.3, 0.4) is 0 Å². The van der Waals surface area contributed by atoms with Gasteiger partial charge in [-0.2, -0.15) is 13.2 Å². The summed E-state index contributed by atoms with van der Waals surface area (Å²) in [5.41, 5.74) is 0.287. The number of nitrogens with zero attached hydrogens (tertiary/aromatic N) is 4. The Balaban J connectivity index is 1.43. The van der Waals surface area contributed by atoms with E-state index in [2.05, 4.69) is 39.2 Å². The minimum Gasteiger partial charge on any atom is -0.339 e. The summed E-state index contributed by atoms with van der Waals surface area (Å²) in [5.74, 6) is 0.770. The first-order chi connectivity index (χ1) is 13.5. The Morgan fingerprint density at radius 2 is 1.86 bits per heavy atom. The average molecular weight is 388 g/mol. The Morgan fingerprint density at radius 1 is 1.07 bits per heavy atom. The molecule has 2 aliphatic heterocycles. The highest BCUT2D eigenvalue weighted by molar-refractivity contribution is 5.48. The van der Waals surface area contributed by atoms with Gasteiger partial charge in [0.1, 0.15) is 5.69 Å². The number of hydrogen-bond donors (Lipinski definition) is 0. The van der Waals surface area contributed by atoms with Crippen LogP contribution in [0.4, 0.5) is 19.1 Å². The number of halogens is 3. The molecule has 2 unspecified atom stereocenters. The van der Waals surface area contributed by atoms with Crippen LogP contribution in [0.15, 0.2) is 48.7 Å². The normalized spacial score (nSPS) is 23.3. The number of aromatic nitrogens is 2. The predicted molar refractivity (Wildman–Crippen MR) is 103 cm³/mol. The van der Waals surface area contributed by atoms with Crippen molar-refractivity contribution in [1.82, 2.24) is 14.9 Å². The zero-order chi connectivity index (χ0) is 19.6. The van der Waals surface area contributed by atoms with E-state index in [0.29, 0.717) is 25.0 Å². The van der Waals surface area contributed by atoms with Crippen LogP contribution < -0.4 is 4.90 Å².